The van der Waals surface area contributed by atoms with Crippen LogP contribution in [-0.2, 0) is 9.53 Å². The highest BCUT2D eigenvalue weighted by Crippen LogP contribution is 2.16. The molecule has 0 aliphatic rings. The van der Waals surface area contributed by atoms with Crippen LogP contribution in [0.2, 0.25) is 0 Å². The summed E-state index contributed by atoms with van der Waals surface area (Å²) in [7, 11) is 0. The second kappa shape index (κ2) is 19.3. The summed E-state index contributed by atoms with van der Waals surface area (Å²) < 4.78 is 5.67. The van der Waals surface area contributed by atoms with Gasteiger partial charge in [-0.3, -0.25) is 4.79 Å². The molecular weight excluding hydrogens is 364 g/mol. The van der Waals surface area contributed by atoms with E-state index in [2.05, 4.69) is 29.8 Å². The molecule has 24 heavy (non-hydrogen) atoms. The maximum absolute atomic E-state index is 11.8. The Morgan fingerprint density at radius 2 is 1.33 bits per heavy atom. The molecule has 0 aliphatic heterocycles. The highest BCUT2D eigenvalue weighted by molar-refractivity contribution is 9.09. The van der Waals surface area contributed by atoms with E-state index in [4.69, 9.17) is 4.74 Å². The fraction of sp³-hybridized carbons (Fsp3) is 0.952. The normalized spacial score (nSPS) is 12.3. The van der Waals surface area contributed by atoms with Crippen LogP contribution >= 0.6 is 15.9 Å². The van der Waals surface area contributed by atoms with Gasteiger partial charge in [-0.2, -0.15) is 0 Å². The van der Waals surface area contributed by atoms with Crippen LogP contribution in [0.3, 0.4) is 0 Å². The molecule has 0 radical (unpaired) electrons. The number of alkyl halides is 1. The molecule has 1 atom stereocenters. The molecule has 0 bridgehead atoms. The van der Waals surface area contributed by atoms with Gasteiger partial charge in [0.15, 0.2) is 0 Å². The number of carbonyl (C=O) groups is 1. The van der Waals surface area contributed by atoms with Crippen LogP contribution < -0.4 is 0 Å². The lowest BCUT2D eigenvalue weighted by atomic mass is 10.0. The molecule has 0 aliphatic carbocycles. The molecule has 2 nitrogen and oxygen atoms in total. The summed E-state index contributed by atoms with van der Waals surface area (Å²) >= 11 is 3.40. The fourth-order valence-corrected chi connectivity index (χ4v) is 3.45. The predicted octanol–water partition coefficient (Wildman–Crippen LogP) is 7.57. The van der Waals surface area contributed by atoms with E-state index in [9.17, 15) is 4.79 Å². The molecule has 0 saturated carbocycles. The maximum atomic E-state index is 11.8. The van der Waals surface area contributed by atoms with Crippen LogP contribution in [0.4, 0.5) is 0 Å². The van der Waals surface area contributed by atoms with Crippen molar-refractivity contribution in [2.24, 2.45) is 0 Å². The van der Waals surface area contributed by atoms with E-state index < -0.39 is 0 Å². The lowest BCUT2D eigenvalue weighted by molar-refractivity contribution is -0.149. The quantitative estimate of drug-likeness (QED) is 0.133. The zero-order valence-corrected chi connectivity index (χ0v) is 17.9. The first kappa shape index (κ1) is 23.9. The van der Waals surface area contributed by atoms with Crippen LogP contribution in [0.5, 0.6) is 0 Å². The molecule has 0 fully saturated rings. The Morgan fingerprint density at radius 3 is 1.88 bits per heavy atom. The van der Waals surface area contributed by atoms with Gasteiger partial charge in [0.05, 0.1) is 0 Å². The number of esters is 1. The molecule has 3 heteroatoms. The molecule has 0 N–H and O–H groups in total. The van der Waals surface area contributed by atoms with E-state index in [0.29, 0.717) is 6.42 Å². The zero-order chi connectivity index (χ0) is 17.9. The zero-order valence-electron chi connectivity index (χ0n) is 16.3. The van der Waals surface area contributed by atoms with E-state index in [1.54, 1.807) is 0 Å². The number of carbonyl (C=O) groups excluding carboxylic acids is 1. The number of rotatable bonds is 18. The van der Waals surface area contributed by atoms with Crippen LogP contribution in [0.25, 0.3) is 0 Å². The van der Waals surface area contributed by atoms with Crippen LogP contribution in [0.1, 0.15) is 117 Å². The molecule has 0 amide bonds. The summed E-state index contributed by atoms with van der Waals surface area (Å²) in [6.45, 7) is 4.44. The summed E-state index contributed by atoms with van der Waals surface area (Å²) in [6.07, 6.45) is 19.4. The molecule has 0 saturated heterocycles. The average Bonchev–Trinajstić information content (AvgIpc) is 2.57. The Bertz CT molecular complexity index is 269. The minimum atomic E-state index is 0.00137. The summed E-state index contributed by atoms with van der Waals surface area (Å²) in [6, 6.07) is 0. The molecule has 0 heterocycles. The number of ether oxygens (including phenoxy) is 1. The Balaban J connectivity index is 3.58. The molecule has 0 spiro atoms. The van der Waals surface area contributed by atoms with Crippen molar-refractivity contribution in [1.29, 1.82) is 0 Å². The second-order valence-corrected chi connectivity index (χ2v) is 7.81. The first-order valence-electron chi connectivity index (χ1n) is 10.5. The van der Waals surface area contributed by atoms with Crippen molar-refractivity contribution in [2.75, 3.05) is 5.33 Å². The Kier molecular flexibility index (Phi) is 19.2. The van der Waals surface area contributed by atoms with Gasteiger partial charge in [-0.05, 0) is 32.1 Å². The van der Waals surface area contributed by atoms with Crippen LogP contribution in [0, 0.1) is 0 Å². The maximum Gasteiger partial charge on any atom is 0.306 e. The van der Waals surface area contributed by atoms with Gasteiger partial charge in [0.2, 0.25) is 0 Å². The van der Waals surface area contributed by atoms with Crippen molar-refractivity contribution in [3.8, 4) is 0 Å². The minimum absolute atomic E-state index is 0.00137. The summed E-state index contributed by atoms with van der Waals surface area (Å²) in [5, 5.41) is 0.970. The molecular formula is C21H41BrO2. The van der Waals surface area contributed by atoms with Crippen LogP contribution in [0.15, 0.2) is 0 Å². The smallest absolute Gasteiger partial charge is 0.306 e. The van der Waals surface area contributed by atoms with Gasteiger partial charge in [-0.15, -0.1) is 0 Å². The third-order valence-electron chi connectivity index (χ3n) is 4.55. The fourth-order valence-electron chi connectivity index (χ4n) is 3.05. The van der Waals surface area contributed by atoms with E-state index in [-0.39, 0.29) is 12.1 Å². The van der Waals surface area contributed by atoms with E-state index in [1.807, 2.05) is 0 Å². The van der Waals surface area contributed by atoms with Gasteiger partial charge in [0, 0.05) is 11.8 Å². The summed E-state index contributed by atoms with van der Waals surface area (Å²) in [5.41, 5.74) is 0. The first-order valence-corrected chi connectivity index (χ1v) is 11.6. The van der Waals surface area contributed by atoms with Gasteiger partial charge in [-0.1, -0.05) is 94.0 Å². The van der Waals surface area contributed by atoms with Crippen molar-refractivity contribution >= 4 is 21.9 Å². The van der Waals surface area contributed by atoms with Gasteiger partial charge in [-0.25, -0.2) is 0 Å². The molecule has 0 aromatic carbocycles. The number of halogens is 1. The van der Waals surface area contributed by atoms with Crippen molar-refractivity contribution in [2.45, 2.75) is 123 Å². The SMILES string of the molecule is CCCCCCCCCCCCC(CCC)OC(=O)CCCCBr. The average molecular weight is 405 g/mol. The number of hydrogen-bond donors (Lipinski definition) is 0. The van der Waals surface area contributed by atoms with Gasteiger partial charge < -0.3 is 4.74 Å². The molecule has 0 rings (SSSR count). The third kappa shape index (κ3) is 16.8. The second-order valence-electron chi connectivity index (χ2n) is 7.02. The van der Waals surface area contributed by atoms with Gasteiger partial charge >= 0.3 is 5.97 Å². The van der Waals surface area contributed by atoms with Crippen LogP contribution in [-0.4, -0.2) is 17.4 Å². The molecule has 0 aromatic rings. The van der Waals surface area contributed by atoms with E-state index in [1.165, 1.54) is 64.2 Å². The highest BCUT2D eigenvalue weighted by atomic mass is 79.9. The predicted molar refractivity (Wildman–Crippen MR) is 109 cm³/mol. The minimum Gasteiger partial charge on any atom is -0.462 e. The van der Waals surface area contributed by atoms with Crippen molar-refractivity contribution in [3.05, 3.63) is 0 Å². The molecule has 144 valence electrons. The van der Waals surface area contributed by atoms with Gasteiger partial charge in [0.1, 0.15) is 6.10 Å². The summed E-state index contributed by atoms with van der Waals surface area (Å²) in [5.74, 6) is 0.00137. The standard InChI is InChI=1S/C21H41BrO2/c1-3-5-6-7-8-9-10-11-12-13-17-20(16-4-2)24-21(23)18-14-15-19-22/h20H,3-19H2,1-2H3. The monoisotopic (exact) mass is 404 g/mol. The van der Waals surface area contributed by atoms with Crippen molar-refractivity contribution < 1.29 is 9.53 Å². The molecule has 0 aromatic heterocycles. The number of hydrogen-bond acceptors (Lipinski definition) is 2. The van der Waals surface area contributed by atoms with Gasteiger partial charge in [0.25, 0.3) is 0 Å². The van der Waals surface area contributed by atoms with Crippen molar-refractivity contribution in [1.82, 2.24) is 0 Å². The molecule has 1 unspecified atom stereocenters. The third-order valence-corrected chi connectivity index (χ3v) is 5.11. The topological polar surface area (TPSA) is 26.3 Å². The summed E-state index contributed by atoms with van der Waals surface area (Å²) in [4.78, 5) is 11.8. The van der Waals surface area contributed by atoms with Crippen molar-refractivity contribution in [3.63, 3.8) is 0 Å². The largest absolute Gasteiger partial charge is 0.462 e. The number of unbranched alkanes of at least 4 members (excludes halogenated alkanes) is 10. The van der Waals surface area contributed by atoms with E-state index in [0.717, 1.165) is 37.4 Å². The Hall–Kier alpha value is -0.0500. The lowest BCUT2D eigenvalue weighted by Crippen LogP contribution is -2.18. The Labute approximate surface area is 159 Å². The highest BCUT2D eigenvalue weighted by Gasteiger charge is 2.13. The first-order chi connectivity index (χ1) is 11.7. The van der Waals surface area contributed by atoms with E-state index >= 15 is 0 Å². The Morgan fingerprint density at radius 1 is 0.750 bits per heavy atom. The lowest BCUT2D eigenvalue weighted by Gasteiger charge is -2.17.